The van der Waals surface area contributed by atoms with E-state index in [0.29, 0.717) is 0 Å². The van der Waals surface area contributed by atoms with Crippen LogP contribution in [0.25, 0.3) is 0 Å². The van der Waals surface area contributed by atoms with E-state index in [1.54, 1.807) is 0 Å². The van der Waals surface area contributed by atoms with Crippen molar-refractivity contribution in [2.75, 3.05) is 0 Å². The maximum atomic E-state index is 1.50. The molecule has 0 atom stereocenters. The average molecular weight is 1510 g/mol. The Balaban J connectivity index is 0.000000561. The van der Waals surface area contributed by atoms with Gasteiger partial charge in [0.05, 0.1) is 0 Å². The van der Waals surface area contributed by atoms with Crippen molar-refractivity contribution in [3.05, 3.63) is 0 Å². The summed E-state index contributed by atoms with van der Waals surface area (Å²) in [6.45, 7) is 0. The van der Waals surface area contributed by atoms with Gasteiger partial charge in [0.25, 0.3) is 0 Å². The molecular formula is C108H216. The molecule has 0 heterocycles. The molecule has 27 fully saturated rings. The van der Waals surface area contributed by atoms with Crippen molar-refractivity contribution in [3.8, 4) is 0 Å². The smallest absolute Gasteiger partial charge is 0.0533 e. The van der Waals surface area contributed by atoms with Crippen LogP contribution < -0.4 is 0 Å². The third-order valence-electron chi connectivity index (χ3n) is 27.0. The Morgan fingerprint density at radius 3 is 0.0278 bits per heavy atom. The molecule has 0 unspecified atom stereocenters. The first-order chi connectivity index (χ1) is 54.0. The van der Waals surface area contributed by atoms with Gasteiger partial charge >= 0.3 is 0 Å². The van der Waals surface area contributed by atoms with E-state index in [4.69, 9.17) is 0 Å². The van der Waals surface area contributed by atoms with Gasteiger partial charge in [-0.3, -0.25) is 0 Å². The highest BCUT2D eigenvalue weighted by atomic mass is 14.1. The van der Waals surface area contributed by atoms with Crippen LogP contribution in [0.2, 0.25) is 0 Å². The highest BCUT2D eigenvalue weighted by molar-refractivity contribution is 4.61. The van der Waals surface area contributed by atoms with Crippen molar-refractivity contribution in [1.82, 2.24) is 0 Å². The molecular weight excluding hydrogens is 1300 g/mol. The van der Waals surface area contributed by atoms with Gasteiger partial charge in [-0.25, -0.2) is 0 Å². The minimum atomic E-state index is 1.50. The molecule has 27 rings (SSSR count). The molecule has 0 N–H and O–H groups in total. The van der Waals surface area contributed by atoms with E-state index in [2.05, 4.69) is 0 Å². The summed E-state index contributed by atoms with van der Waals surface area (Å²) in [5, 5.41) is 0. The zero-order chi connectivity index (χ0) is 76.4. The second-order valence-corrected chi connectivity index (χ2v) is 38.2. The molecule has 648 valence electrons. The summed E-state index contributed by atoms with van der Waals surface area (Å²) in [5.41, 5.74) is 0. The fraction of sp³-hybridized carbons (Fsp3) is 1.00. The van der Waals surface area contributed by atoms with Gasteiger partial charge in [0, 0.05) is 0 Å². The molecule has 0 aromatic heterocycles. The predicted molar refractivity (Wildman–Crippen MR) is 499 cm³/mol. The summed E-state index contributed by atoms with van der Waals surface area (Å²) in [5.74, 6) is 0. The van der Waals surface area contributed by atoms with Crippen molar-refractivity contribution >= 4 is 0 Å². The van der Waals surface area contributed by atoms with Gasteiger partial charge in [-0.2, -0.15) is 0 Å². The Hall–Kier alpha value is 0. The molecule has 27 saturated carbocycles. The lowest BCUT2D eigenvalue weighted by molar-refractivity contribution is 0.504. The van der Waals surface area contributed by atoms with Gasteiger partial charge in [-0.1, -0.05) is 693 Å². The Labute approximate surface area is 689 Å². The largest absolute Gasteiger partial charge is 0.0533 e. The van der Waals surface area contributed by atoms with Gasteiger partial charge in [-0.15, -0.1) is 0 Å². The van der Waals surface area contributed by atoms with Gasteiger partial charge in [0.2, 0.25) is 0 Å². The highest BCUT2D eigenvalue weighted by Gasteiger charge is 2.05. The summed E-state index contributed by atoms with van der Waals surface area (Å²) in [7, 11) is 0. The van der Waals surface area contributed by atoms with E-state index >= 15 is 0 Å². The van der Waals surface area contributed by atoms with Crippen LogP contribution in [0.1, 0.15) is 693 Å². The van der Waals surface area contributed by atoms with Crippen LogP contribution in [0.5, 0.6) is 0 Å². The number of hydrogen-bond donors (Lipinski definition) is 0. The van der Waals surface area contributed by atoms with Crippen LogP contribution in [0.3, 0.4) is 0 Å². The standard InChI is InChI=1S/27C4H8/c27*1-2-4-3-1/h27*1-4H2. The Bertz CT molecular complexity index is 730. The molecule has 0 bridgehead atoms. The van der Waals surface area contributed by atoms with Crippen molar-refractivity contribution in [2.45, 2.75) is 693 Å². The van der Waals surface area contributed by atoms with Crippen molar-refractivity contribution < 1.29 is 0 Å². The topological polar surface area (TPSA) is 0 Å². The maximum absolute atomic E-state index is 1.50. The van der Waals surface area contributed by atoms with Crippen molar-refractivity contribution in [3.63, 3.8) is 0 Å². The minimum absolute atomic E-state index is 1.50. The molecule has 0 spiro atoms. The number of hydrogen-bond acceptors (Lipinski definition) is 0. The molecule has 0 nitrogen and oxygen atoms in total. The molecule has 0 radical (unpaired) electrons. The summed E-state index contributed by atoms with van der Waals surface area (Å²) in [6, 6.07) is 0. The second-order valence-electron chi connectivity index (χ2n) is 38.2. The summed E-state index contributed by atoms with van der Waals surface area (Å²) >= 11 is 0. The third kappa shape index (κ3) is 100. The second kappa shape index (κ2) is 103. The summed E-state index contributed by atoms with van der Waals surface area (Å²) in [6.07, 6.45) is 162. The Morgan fingerprint density at radius 1 is 0.0185 bits per heavy atom. The molecule has 0 saturated heterocycles. The number of rotatable bonds is 0. The fourth-order valence-corrected chi connectivity index (χ4v) is 6.75. The first kappa shape index (κ1) is 106. The normalized spacial score (nSPS) is 24.0. The molecule has 27 aliphatic carbocycles. The molecule has 27 aliphatic rings. The first-order valence-corrected chi connectivity index (χ1v) is 54.0. The minimum Gasteiger partial charge on any atom is -0.0533 e. The van der Waals surface area contributed by atoms with Crippen LogP contribution >= 0.6 is 0 Å². The van der Waals surface area contributed by atoms with Crippen molar-refractivity contribution in [1.29, 1.82) is 0 Å². The first-order valence-electron chi connectivity index (χ1n) is 54.0. The Kier molecular flexibility index (Phi) is 101. The van der Waals surface area contributed by atoms with Crippen molar-refractivity contribution in [2.24, 2.45) is 0 Å². The van der Waals surface area contributed by atoms with E-state index in [0.717, 1.165) is 0 Å². The Morgan fingerprint density at radius 2 is 0.0278 bits per heavy atom. The molecule has 108 heavy (non-hydrogen) atoms. The lowest BCUT2D eigenvalue weighted by Crippen LogP contribution is -1.85. The lowest BCUT2D eigenvalue weighted by Gasteiger charge is -2.05. The fourth-order valence-electron chi connectivity index (χ4n) is 6.75. The third-order valence-corrected chi connectivity index (χ3v) is 27.0. The van der Waals surface area contributed by atoms with E-state index in [9.17, 15) is 0 Å². The van der Waals surface area contributed by atoms with Crippen LogP contribution in [0, 0.1) is 0 Å². The predicted octanol–water partition coefficient (Wildman–Crippen LogP) is 42.1. The molecule has 0 heteroatoms. The summed E-state index contributed by atoms with van der Waals surface area (Å²) < 4.78 is 0. The molecule has 0 aliphatic heterocycles. The van der Waals surface area contributed by atoms with Crippen LogP contribution in [0.15, 0.2) is 0 Å². The highest BCUT2D eigenvalue weighted by Crippen LogP contribution is 2.25. The molecule has 0 aromatic carbocycles. The van der Waals surface area contributed by atoms with E-state index in [1.165, 1.54) is 693 Å². The van der Waals surface area contributed by atoms with Crippen LogP contribution in [-0.4, -0.2) is 0 Å². The zero-order valence-corrected chi connectivity index (χ0v) is 76.4. The van der Waals surface area contributed by atoms with E-state index in [-0.39, 0.29) is 0 Å². The molecule has 0 aromatic rings. The van der Waals surface area contributed by atoms with Crippen LogP contribution in [0.4, 0.5) is 0 Å². The van der Waals surface area contributed by atoms with Gasteiger partial charge in [0.1, 0.15) is 0 Å². The van der Waals surface area contributed by atoms with Gasteiger partial charge in [-0.05, 0) is 0 Å². The van der Waals surface area contributed by atoms with Crippen LogP contribution in [-0.2, 0) is 0 Å². The average Bonchev–Trinajstić information content (AvgIpc) is 3.09. The maximum Gasteiger partial charge on any atom is -0.0533 e. The van der Waals surface area contributed by atoms with E-state index in [1.807, 2.05) is 0 Å². The monoisotopic (exact) mass is 1510 g/mol. The zero-order valence-electron chi connectivity index (χ0n) is 76.4. The van der Waals surface area contributed by atoms with E-state index < -0.39 is 0 Å². The molecule has 0 amide bonds. The lowest BCUT2D eigenvalue weighted by atomic mass is 10.0. The quantitative estimate of drug-likeness (QED) is 0.227. The summed E-state index contributed by atoms with van der Waals surface area (Å²) in [4.78, 5) is 0. The van der Waals surface area contributed by atoms with Gasteiger partial charge in [0.15, 0.2) is 0 Å². The van der Waals surface area contributed by atoms with Gasteiger partial charge < -0.3 is 0 Å². The SMILES string of the molecule is C1CCC1.C1CCC1.C1CCC1.C1CCC1.C1CCC1.C1CCC1.C1CCC1.C1CCC1.C1CCC1.C1CCC1.C1CCC1.C1CCC1.C1CCC1.C1CCC1.C1CCC1.C1CCC1.C1CCC1.C1CCC1.C1CCC1.C1CCC1.C1CCC1.C1CCC1.C1CCC1.C1CCC1.C1CCC1.C1CCC1.C1CCC1.